The lowest BCUT2D eigenvalue weighted by atomic mass is 10.4. The molecule has 0 fully saturated rings. The molecule has 0 saturated carbocycles. The molecule has 1 heterocycles. The molecule has 0 aliphatic rings. The predicted molar refractivity (Wildman–Crippen MR) is 65.9 cm³/mol. The minimum absolute atomic E-state index is 0.312. The van der Waals surface area contributed by atoms with Crippen LogP contribution in [0.5, 0.6) is 0 Å². The summed E-state index contributed by atoms with van der Waals surface area (Å²) in [6.45, 7) is 3.98. The summed E-state index contributed by atoms with van der Waals surface area (Å²) in [6, 6.07) is 0. The second-order valence-corrected chi connectivity index (χ2v) is 3.66. The second-order valence-electron chi connectivity index (χ2n) is 3.66. The quantitative estimate of drug-likeness (QED) is 0.735. The number of hydrogen-bond donors (Lipinski definition) is 1. The largest absolute Gasteiger partial charge is 0.385 e. The number of methoxy groups -OCH3 is 1. The molecule has 0 aliphatic heterocycles. The highest BCUT2D eigenvalue weighted by atomic mass is 19.1. The lowest BCUT2D eigenvalue weighted by Crippen LogP contribution is -2.22. The van der Waals surface area contributed by atoms with E-state index in [0.717, 1.165) is 6.42 Å². The van der Waals surface area contributed by atoms with Crippen LogP contribution in [0.25, 0.3) is 0 Å². The van der Waals surface area contributed by atoms with Gasteiger partial charge in [-0.15, -0.1) is 0 Å². The minimum atomic E-state index is -0.411. The Balaban J connectivity index is 2.69. The summed E-state index contributed by atoms with van der Waals surface area (Å²) in [5.41, 5.74) is 0. The molecule has 1 rings (SSSR count). The van der Waals surface area contributed by atoms with E-state index in [1.165, 1.54) is 6.20 Å². The monoisotopic (exact) mass is 242 g/mol. The average molecular weight is 242 g/mol. The molecule has 0 unspecified atom stereocenters. The van der Waals surface area contributed by atoms with Crippen molar-refractivity contribution in [3.63, 3.8) is 0 Å². The van der Waals surface area contributed by atoms with Crippen LogP contribution in [-0.2, 0) is 4.74 Å². The van der Waals surface area contributed by atoms with Crippen LogP contribution in [0.4, 0.5) is 16.2 Å². The first-order valence-corrected chi connectivity index (χ1v) is 5.65. The molecule has 0 saturated heterocycles. The number of ether oxygens (including phenoxy) is 1. The van der Waals surface area contributed by atoms with Gasteiger partial charge in [0.2, 0.25) is 5.95 Å². The highest BCUT2D eigenvalue weighted by molar-refractivity contribution is 5.43. The Morgan fingerprint density at radius 2 is 2.29 bits per heavy atom. The first kappa shape index (κ1) is 13.6. The van der Waals surface area contributed by atoms with Crippen molar-refractivity contribution in [2.45, 2.75) is 13.3 Å². The maximum atomic E-state index is 13.5. The van der Waals surface area contributed by atoms with E-state index in [2.05, 4.69) is 15.3 Å². The highest BCUT2D eigenvalue weighted by Crippen LogP contribution is 2.15. The van der Waals surface area contributed by atoms with Gasteiger partial charge in [-0.2, -0.15) is 4.98 Å². The summed E-state index contributed by atoms with van der Waals surface area (Å²) in [4.78, 5) is 9.75. The third-order valence-electron chi connectivity index (χ3n) is 2.26. The van der Waals surface area contributed by atoms with Gasteiger partial charge in [0.05, 0.1) is 6.20 Å². The van der Waals surface area contributed by atoms with E-state index in [0.29, 0.717) is 31.5 Å². The molecule has 0 aromatic carbocycles. The summed E-state index contributed by atoms with van der Waals surface area (Å²) < 4.78 is 18.5. The zero-order chi connectivity index (χ0) is 12.7. The van der Waals surface area contributed by atoms with E-state index in [1.807, 2.05) is 6.92 Å². The lowest BCUT2D eigenvalue weighted by molar-refractivity contribution is 0.196. The molecule has 1 aromatic heterocycles. The Morgan fingerprint density at radius 3 is 2.94 bits per heavy atom. The summed E-state index contributed by atoms with van der Waals surface area (Å²) in [5.74, 6) is 0.348. The zero-order valence-corrected chi connectivity index (χ0v) is 10.5. The fourth-order valence-corrected chi connectivity index (χ4v) is 1.42. The molecule has 1 N–H and O–H groups in total. The topological polar surface area (TPSA) is 50.3 Å². The smallest absolute Gasteiger partial charge is 0.224 e. The van der Waals surface area contributed by atoms with Crippen LogP contribution in [-0.4, -0.2) is 43.8 Å². The summed E-state index contributed by atoms with van der Waals surface area (Å²) >= 11 is 0. The summed E-state index contributed by atoms with van der Waals surface area (Å²) in [7, 11) is 3.45. The SMILES string of the molecule is CCNc1ncc(F)c(N(C)CCCOC)n1. The third-order valence-corrected chi connectivity index (χ3v) is 2.26. The van der Waals surface area contributed by atoms with E-state index >= 15 is 0 Å². The molecule has 5 nitrogen and oxygen atoms in total. The van der Waals surface area contributed by atoms with Crippen LogP contribution in [0, 0.1) is 5.82 Å². The second kappa shape index (κ2) is 7.01. The molecular formula is C11H19FN4O. The minimum Gasteiger partial charge on any atom is -0.385 e. The normalized spacial score (nSPS) is 10.4. The van der Waals surface area contributed by atoms with Crippen molar-refractivity contribution in [1.29, 1.82) is 0 Å². The fourth-order valence-electron chi connectivity index (χ4n) is 1.42. The van der Waals surface area contributed by atoms with Crippen molar-refractivity contribution in [2.24, 2.45) is 0 Å². The van der Waals surface area contributed by atoms with Gasteiger partial charge < -0.3 is 15.0 Å². The molecule has 96 valence electrons. The van der Waals surface area contributed by atoms with Crippen LogP contribution < -0.4 is 10.2 Å². The predicted octanol–water partition coefficient (Wildman–Crippen LogP) is 1.52. The Morgan fingerprint density at radius 1 is 1.53 bits per heavy atom. The van der Waals surface area contributed by atoms with Gasteiger partial charge in [0, 0.05) is 33.9 Å². The number of rotatable bonds is 7. The summed E-state index contributed by atoms with van der Waals surface area (Å²) in [5, 5.41) is 2.96. The Labute approximate surface area is 101 Å². The molecular weight excluding hydrogens is 223 g/mol. The molecule has 17 heavy (non-hydrogen) atoms. The third kappa shape index (κ3) is 4.14. The van der Waals surface area contributed by atoms with E-state index in [4.69, 9.17) is 4.74 Å². The van der Waals surface area contributed by atoms with Gasteiger partial charge in [0.15, 0.2) is 11.6 Å². The van der Waals surface area contributed by atoms with Crippen LogP contribution in [0.15, 0.2) is 6.20 Å². The van der Waals surface area contributed by atoms with Crippen LogP contribution in [0.3, 0.4) is 0 Å². The molecule has 1 aromatic rings. The Bertz CT molecular complexity index is 348. The van der Waals surface area contributed by atoms with Crippen molar-refractivity contribution in [2.75, 3.05) is 44.1 Å². The molecule has 0 aliphatic carbocycles. The standard InChI is InChI=1S/C11H19FN4O/c1-4-13-11-14-8-9(12)10(15-11)16(2)6-5-7-17-3/h8H,4-7H2,1-3H3,(H,13,14,15). The number of nitrogens with one attached hydrogen (secondary N) is 1. The number of anilines is 2. The van der Waals surface area contributed by atoms with Crippen molar-refractivity contribution in [3.05, 3.63) is 12.0 Å². The molecule has 0 amide bonds. The van der Waals surface area contributed by atoms with Crippen LogP contribution in [0.1, 0.15) is 13.3 Å². The van der Waals surface area contributed by atoms with Crippen LogP contribution in [0.2, 0.25) is 0 Å². The fraction of sp³-hybridized carbons (Fsp3) is 0.636. The molecule has 6 heteroatoms. The van der Waals surface area contributed by atoms with Crippen molar-refractivity contribution < 1.29 is 9.13 Å². The number of hydrogen-bond acceptors (Lipinski definition) is 5. The first-order valence-electron chi connectivity index (χ1n) is 5.65. The van der Waals surface area contributed by atoms with Gasteiger partial charge in [-0.05, 0) is 13.3 Å². The number of halogens is 1. The van der Waals surface area contributed by atoms with E-state index in [1.54, 1.807) is 19.1 Å². The maximum Gasteiger partial charge on any atom is 0.224 e. The molecule has 0 spiro atoms. The Hall–Kier alpha value is -1.43. The highest BCUT2D eigenvalue weighted by Gasteiger charge is 2.10. The van der Waals surface area contributed by atoms with Gasteiger partial charge in [-0.3, -0.25) is 0 Å². The van der Waals surface area contributed by atoms with E-state index < -0.39 is 5.82 Å². The van der Waals surface area contributed by atoms with Crippen molar-refractivity contribution in [3.8, 4) is 0 Å². The van der Waals surface area contributed by atoms with Crippen molar-refractivity contribution in [1.82, 2.24) is 9.97 Å². The van der Waals surface area contributed by atoms with Gasteiger partial charge in [0.25, 0.3) is 0 Å². The lowest BCUT2D eigenvalue weighted by Gasteiger charge is -2.18. The van der Waals surface area contributed by atoms with Gasteiger partial charge in [0.1, 0.15) is 0 Å². The molecule has 0 atom stereocenters. The first-order chi connectivity index (χ1) is 8.19. The summed E-state index contributed by atoms with van der Waals surface area (Å²) in [6.07, 6.45) is 2.01. The van der Waals surface area contributed by atoms with E-state index in [9.17, 15) is 4.39 Å². The number of nitrogens with zero attached hydrogens (tertiary/aromatic N) is 3. The van der Waals surface area contributed by atoms with Crippen molar-refractivity contribution >= 4 is 11.8 Å². The number of aromatic nitrogens is 2. The Kier molecular flexibility index (Phi) is 5.62. The van der Waals surface area contributed by atoms with Gasteiger partial charge in [-0.25, -0.2) is 9.37 Å². The van der Waals surface area contributed by atoms with Gasteiger partial charge >= 0.3 is 0 Å². The molecule has 0 bridgehead atoms. The molecule has 0 radical (unpaired) electrons. The zero-order valence-electron chi connectivity index (χ0n) is 10.5. The van der Waals surface area contributed by atoms with Gasteiger partial charge in [-0.1, -0.05) is 0 Å². The average Bonchev–Trinajstić information content (AvgIpc) is 2.32. The van der Waals surface area contributed by atoms with E-state index in [-0.39, 0.29) is 0 Å². The van der Waals surface area contributed by atoms with Crippen LogP contribution >= 0.6 is 0 Å². The maximum absolute atomic E-state index is 13.5.